The summed E-state index contributed by atoms with van der Waals surface area (Å²) in [6, 6.07) is 0. The van der Waals surface area contributed by atoms with E-state index in [9.17, 15) is 29.3 Å². The Bertz CT molecular complexity index is 1330. The summed E-state index contributed by atoms with van der Waals surface area (Å²) >= 11 is 0. The Labute approximate surface area is 364 Å². The second-order valence-corrected chi connectivity index (χ2v) is 17.6. The molecule has 0 aromatic heterocycles. The highest BCUT2D eigenvalue weighted by atomic mass is 31.2. The van der Waals surface area contributed by atoms with E-state index in [0.29, 0.717) is 43.1 Å². The predicted octanol–water partition coefficient (Wildman–Crippen LogP) is 10.7. The van der Waals surface area contributed by atoms with Crippen molar-refractivity contribution in [3.63, 3.8) is 0 Å². The summed E-state index contributed by atoms with van der Waals surface area (Å²) in [6.45, 7) is 3.98. The molecule has 0 aromatic carbocycles. The molecule has 0 saturated carbocycles. The summed E-state index contributed by atoms with van der Waals surface area (Å²) in [6.07, 6.45) is 42.7. The Morgan fingerprint density at radius 2 is 1.15 bits per heavy atom. The van der Waals surface area contributed by atoms with Crippen molar-refractivity contribution in [3.05, 3.63) is 85.1 Å². The van der Waals surface area contributed by atoms with E-state index in [1.165, 1.54) is 57.8 Å². The smallest absolute Gasteiger partial charge is 0.462 e. The zero-order valence-electron chi connectivity index (χ0n) is 37.9. The molecule has 3 N–H and O–H groups in total. The number of allylic oxidation sites excluding steroid dienone is 11. The minimum absolute atomic E-state index is 0.0261. The summed E-state index contributed by atoms with van der Waals surface area (Å²) in [5.41, 5.74) is 0. The van der Waals surface area contributed by atoms with Crippen LogP contribution in [0.3, 0.4) is 0 Å². The fourth-order valence-corrected chi connectivity index (χ4v) is 6.20. The van der Waals surface area contributed by atoms with Gasteiger partial charge in [0.25, 0.3) is 0 Å². The molecule has 0 amide bonds. The van der Waals surface area contributed by atoms with Crippen LogP contribution >= 0.6 is 7.82 Å². The van der Waals surface area contributed by atoms with Gasteiger partial charge >= 0.3 is 19.8 Å². The predicted molar refractivity (Wildman–Crippen MR) is 245 cm³/mol. The fraction of sp³-hybridized carbons (Fsp3) is 0.667. The van der Waals surface area contributed by atoms with Crippen LogP contribution < -0.4 is 0 Å². The van der Waals surface area contributed by atoms with Crippen LogP contribution in [0.25, 0.3) is 0 Å². The second kappa shape index (κ2) is 39.0. The van der Waals surface area contributed by atoms with E-state index in [4.69, 9.17) is 18.5 Å². The maximum Gasteiger partial charge on any atom is 0.472 e. The molecule has 0 aliphatic rings. The number of phosphoric ester groups is 1. The highest BCUT2D eigenvalue weighted by molar-refractivity contribution is 7.47. The molecule has 0 radical (unpaired) electrons. The number of ether oxygens (including phenoxy) is 2. The number of aliphatic hydroxyl groups is 2. The molecule has 0 bridgehead atoms. The van der Waals surface area contributed by atoms with E-state index < -0.39 is 44.7 Å². The molecular weight excluding hydrogens is 781 g/mol. The number of hydrogen-bond acceptors (Lipinski definition) is 9. The maximum atomic E-state index is 12.7. The zero-order chi connectivity index (χ0) is 44.6. The molecule has 0 spiro atoms. The van der Waals surface area contributed by atoms with Crippen LogP contribution in [0.4, 0.5) is 0 Å². The minimum Gasteiger partial charge on any atom is -0.462 e. The van der Waals surface area contributed by atoms with Crippen LogP contribution in [0.5, 0.6) is 0 Å². The number of likely N-dealkylation sites (N-methyl/N-ethyl adjacent to an activating group) is 1. The van der Waals surface area contributed by atoms with Crippen LogP contribution in [-0.2, 0) is 32.7 Å². The maximum absolute atomic E-state index is 12.7. The first-order valence-electron chi connectivity index (χ1n) is 22.5. The lowest BCUT2D eigenvalue weighted by Crippen LogP contribution is -2.37. The summed E-state index contributed by atoms with van der Waals surface area (Å²) in [5.74, 6) is -1.11. The molecule has 60 heavy (non-hydrogen) atoms. The average Bonchev–Trinajstić information content (AvgIpc) is 3.19. The molecule has 12 heteroatoms. The van der Waals surface area contributed by atoms with Crippen molar-refractivity contribution in [3.8, 4) is 0 Å². The van der Waals surface area contributed by atoms with Crippen molar-refractivity contribution in [1.29, 1.82) is 0 Å². The molecule has 0 aliphatic heterocycles. The van der Waals surface area contributed by atoms with Crippen LogP contribution in [0, 0.1) is 0 Å². The van der Waals surface area contributed by atoms with Crippen molar-refractivity contribution in [2.45, 2.75) is 161 Å². The lowest BCUT2D eigenvalue weighted by atomic mass is 10.1. The molecule has 11 nitrogen and oxygen atoms in total. The van der Waals surface area contributed by atoms with E-state index >= 15 is 0 Å². The highest BCUT2D eigenvalue weighted by Gasteiger charge is 2.27. The third-order valence-corrected chi connectivity index (χ3v) is 10.1. The molecule has 0 rings (SSSR count). The molecule has 4 atom stereocenters. The molecule has 0 heterocycles. The number of carbonyl (C=O) groups excluding carboxylic acids is 2. The van der Waals surface area contributed by atoms with Gasteiger partial charge in [0.1, 0.15) is 19.8 Å². The summed E-state index contributed by atoms with van der Waals surface area (Å²) in [5, 5.41) is 20.4. The number of hydrogen-bond donors (Lipinski definition) is 3. The van der Waals surface area contributed by atoms with Gasteiger partial charge in [-0.1, -0.05) is 144 Å². The van der Waals surface area contributed by atoms with Gasteiger partial charge in [0.05, 0.1) is 40.0 Å². The Hall–Kier alpha value is -2.89. The normalized spacial score (nSPS) is 15.4. The first-order chi connectivity index (χ1) is 28.8. The van der Waals surface area contributed by atoms with Gasteiger partial charge in [-0.2, -0.15) is 0 Å². The molecule has 0 fully saturated rings. The topological polar surface area (TPSA) is 149 Å². The van der Waals surface area contributed by atoms with Crippen molar-refractivity contribution in [1.82, 2.24) is 0 Å². The number of unbranched alkanes of at least 4 members (excludes halogenated alkanes) is 10. The van der Waals surface area contributed by atoms with Crippen LogP contribution in [0.15, 0.2) is 85.1 Å². The first kappa shape index (κ1) is 57.1. The van der Waals surface area contributed by atoms with Gasteiger partial charge < -0.3 is 29.1 Å². The van der Waals surface area contributed by atoms with E-state index in [1.54, 1.807) is 36.5 Å². The Kier molecular flexibility index (Phi) is 37.1. The van der Waals surface area contributed by atoms with Gasteiger partial charge in [0.2, 0.25) is 0 Å². The van der Waals surface area contributed by atoms with E-state index in [-0.39, 0.29) is 26.1 Å². The molecule has 1 unspecified atom stereocenters. The number of aliphatic hydroxyl groups excluding tert-OH is 2. The van der Waals surface area contributed by atoms with Gasteiger partial charge in [0, 0.05) is 12.8 Å². The zero-order valence-corrected chi connectivity index (χ0v) is 38.8. The lowest BCUT2D eigenvalue weighted by molar-refractivity contribution is -0.870. The van der Waals surface area contributed by atoms with Gasteiger partial charge in [-0.05, 0) is 70.6 Å². The Morgan fingerprint density at radius 3 is 1.80 bits per heavy atom. The minimum atomic E-state index is -4.46. The average molecular weight is 865 g/mol. The van der Waals surface area contributed by atoms with E-state index in [1.807, 2.05) is 33.3 Å². The first-order valence-corrected chi connectivity index (χ1v) is 24.0. The van der Waals surface area contributed by atoms with Gasteiger partial charge in [-0.3, -0.25) is 18.6 Å². The molecular formula is C48H83NO10P+. The number of esters is 2. The van der Waals surface area contributed by atoms with Crippen LogP contribution in [0.2, 0.25) is 0 Å². The number of quaternary nitrogens is 1. The van der Waals surface area contributed by atoms with Gasteiger partial charge in [-0.25, -0.2) is 4.57 Å². The van der Waals surface area contributed by atoms with Crippen molar-refractivity contribution < 1.29 is 52.3 Å². The van der Waals surface area contributed by atoms with Crippen molar-refractivity contribution in [2.24, 2.45) is 0 Å². The molecule has 0 saturated heterocycles. The standard InChI is InChI=1S/C48H82NO10P/c1-6-8-10-12-14-15-16-17-18-19-20-21-22-23-24-26-32-38-47(52)56-42-46(43-58-60(54,55)57-41-40-49(3,4)5)59-48(53)39-33-37-45(51)36-31-28-27-30-35-44(50)34-29-25-13-11-9-7-2/h17-18,20-21,23-25,27-31,35-36,44-46,50-51H,6-16,19,22,26,32-34,37-43H2,1-5H3/p+1/b18-17-,21-20-,24-23-,28-27+,29-25-,35-30+,36-31-/t44-,45-,46+/m0/s1. The third kappa shape index (κ3) is 41.8. The Morgan fingerprint density at radius 1 is 0.617 bits per heavy atom. The van der Waals surface area contributed by atoms with E-state index in [2.05, 4.69) is 50.3 Å². The second-order valence-electron chi connectivity index (χ2n) is 16.1. The number of rotatable bonds is 39. The quantitative estimate of drug-likeness (QED) is 0.0136. The number of phosphoric acid groups is 1. The third-order valence-electron chi connectivity index (χ3n) is 9.09. The van der Waals surface area contributed by atoms with Gasteiger partial charge in [0.15, 0.2) is 6.10 Å². The van der Waals surface area contributed by atoms with Crippen LogP contribution in [0.1, 0.15) is 142 Å². The molecule has 344 valence electrons. The summed E-state index contributed by atoms with van der Waals surface area (Å²) < 4.78 is 34.0. The number of carbonyl (C=O) groups is 2. The van der Waals surface area contributed by atoms with E-state index in [0.717, 1.165) is 25.7 Å². The SMILES string of the molecule is CCCCC/C=C\C[C@H](O)/C=C/C=C/C=C\[C@H](O)CCCC(=O)O[C@H](COC(=O)CCC/C=C\C/C=C\C/C=C\CCCCCCCC)COP(=O)(O)OCC[N+](C)(C)C. The monoisotopic (exact) mass is 865 g/mol. The summed E-state index contributed by atoms with van der Waals surface area (Å²) in [4.78, 5) is 35.4. The largest absolute Gasteiger partial charge is 0.472 e. The lowest BCUT2D eigenvalue weighted by Gasteiger charge is -2.24. The van der Waals surface area contributed by atoms with Gasteiger partial charge in [-0.15, -0.1) is 0 Å². The summed E-state index contributed by atoms with van der Waals surface area (Å²) in [7, 11) is 1.28. The van der Waals surface area contributed by atoms with Crippen molar-refractivity contribution >= 4 is 19.8 Å². The highest BCUT2D eigenvalue weighted by Crippen LogP contribution is 2.43. The molecule has 0 aliphatic carbocycles. The van der Waals surface area contributed by atoms with Crippen molar-refractivity contribution in [2.75, 3.05) is 47.5 Å². The number of nitrogens with zero attached hydrogens (tertiary/aromatic N) is 1. The van der Waals surface area contributed by atoms with Crippen LogP contribution in [-0.4, -0.2) is 97.3 Å². The fourth-order valence-electron chi connectivity index (χ4n) is 5.46. The molecule has 0 aromatic rings. The Balaban J connectivity index is 4.71.